The Hall–Kier alpha value is -2.20. The number of nitrogens with zero attached hydrogens (tertiary/aromatic N) is 2. The summed E-state index contributed by atoms with van der Waals surface area (Å²) in [6.45, 7) is 3.59. The molecule has 0 spiro atoms. The maximum atomic E-state index is 11.4. The molecular formula is C19H22N2O2. The summed E-state index contributed by atoms with van der Waals surface area (Å²) in [6.07, 6.45) is 5.29. The lowest BCUT2D eigenvalue weighted by Gasteiger charge is -2.37. The van der Waals surface area contributed by atoms with Gasteiger partial charge in [-0.15, -0.1) is 0 Å². The van der Waals surface area contributed by atoms with Crippen LogP contribution in [0.2, 0.25) is 0 Å². The number of hydrogen-bond acceptors (Lipinski definition) is 3. The molecule has 1 aliphatic rings. The van der Waals surface area contributed by atoms with Crippen molar-refractivity contribution >= 4 is 5.97 Å². The van der Waals surface area contributed by atoms with Crippen molar-refractivity contribution in [1.29, 1.82) is 0 Å². The molecule has 4 heteroatoms. The second-order valence-corrected chi connectivity index (χ2v) is 6.27. The molecule has 1 fully saturated rings. The molecule has 2 heterocycles. The second kappa shape index (κ2) is 6.92. The van der Waals surface area contributed by atoms with E-state index < -0.39 is 5.97 Å². The van der Waals surface area contributed by atoms with Gasteiger partial charge in [0.15, 0.2) is 0 Å². The number of aromatic nitrogens is 1. The lowest BCUT2D eigenvalue weighted by Crippen LogP contribution is -2.41. The Morgan fingerprint density at radius 2 is 1.83 bits per heavy atom. The van der Waals surface area contributed by atoms with Gasteiger partial charge in [-0.25, -0.2) is 0 Å². The number of likely N-dealkylation sites (tertiary alicyclic amines) is 1. The largest absolute Gasteiger partial charge is 0.481 e. The van der Waals surface area contributed by atoms with Crippen molar-refractivity contribution in [3.63, 3.8) is 0 Å². The van der Waals surface area contributed by atoms with Crippen LogP contribution in [-0.2, 0) is 4.79 Å². The minimum absolute atomic E-state index is 0.0840. The molecule has 1 aromatic carbocycles. The maximum absolute atomic E-state index is 11.4. The lowest BCUT2D eigenvalue weighted by atomic mass is 9.91. The molecule has 120 valence electrons. The van der Waals surface area contributed by atoms with Crippen LogP contribution in [0.15, 0.2) is 48.8 Å². The first-order chi connectivity index (χ1) is 11.1. The predicted octanol–water partition coefficient (Wildman–Crippen LogP) is 3.28. The highest BCUT2D eigenvalue weighted by atomic mass is 16.4. The molecule has 1 saturated heterocycles. The molecule has 1 N–H and O–H groups in total. The summed E-state index contributed by atoms with van der Waals surface area (Å²) < 4.78 is 0. The maximum Gasteiger partial charge on any atom is 0.307 e. The second-order valence-electron chi connectivity index (χ2n) is 6.27. The molecule has 2 aromatic rings. The predicted molar refractivity (Wildman–Crippen MR) is 89.2 cm³/mol. The van der Waals surface area contributed by atoms with E-state index in [1.54, 1.807) is 12.4 Å². The van der Waals surface area contributed by atoms with Gasteiger partial charge in [0.25, 0.3) is 0 Å². The Morgan fingerprint density at radius 3 is 2.48 bits per heavy atom. The van der Waals surface area contributed by atoms with Crippen molar-refractivity contribution in [2.24, 2.45) is 5.92 Å². The fourth-order valence-corrected chi connectivity index (χ4v) is 3.35. The summed E-state index contributed by atoms with van der Waals surface area (Å²) >= 11 is 0. The number of carboxylic acid groups (broad SMARTS) is 1. The number of aliphatic carboxylic acids is 1. The van der Waals surface area contributed by atoms with Gasteiger partial charge >= 0.3 is 5.97 Å². The number of carbonyl (C=O) groups is 1. The normalized spacial score (nSPS) is 20.1. The number of pyridine rings is 1. The Morgan fingerprint density at radius 1 is 1.17 bits per heavy atom. The highest BCUT2D eigenvalue weighted by Crippen LogP contribution is 2.32. The molecule has 23 heavy (non-hydrogen) atoms. The SMILES string of the molecule is Cc1ccc(C(c2ccncc2)N2CCCC(C(=O)O)C2)cc1. The van der Waals surface area contributed by atoms with Crippen LogP contribution in [0.3, 0.4) is 0 Å². The van der Waals surface area contributed by atoms with Gasteiger partial charge in [0, 0.05) is 18.9 Å². The number of piperidine rings is 1. The van der Waals surface area contributed by atoms with Crippen molar-refractivity contribution in [2.75, 3.05) is 13.1 Å². The van der Waals surface area contributed by atoms with Crippen LogP contribution in [-0.4, -0.2) is 34.0 Å². The van der Waals surface area contributed by atoms with E-state index in [-0.39, 0.29) is 12.0 Å². The van der Waals surface area contributed by atoms with Gasteiger partial charge in [-0.3, -0.25) is 14.7 Å². The van der Waals surface area contributed by atoms with E-state index in [1.807, 2.05) is 12.1 Å². The third kappa shape index (κ3) is 3.59. The van der Waals surface area contributed by atoms with Crippen LogP contribution < -0.4 is 0 Å². The van der Waals surface area contributed by atoms with Crippen LogP contribution in [0, 0.1) is 12.8 Å². The van der Waals surface area contributed by atoms with Crippen molar-refractivity contribution in [2.45, 2.75) is 25.8 Å². The summed E-state index contributed by atoms with van der Waals surface area (Å²) in [4.78, 5) is 17.8. The van der Waals surface area contributed by atoms with Gasteiger partial charge in [-0.1, -0.05) is 29.8 Å². The van der Waals surface area contributed by atoms with Gasteiger partial charge in [-0.2, -0.15) is 0 Å². The molecule has 2 unspecified atom stereocenters. The topological polar surface area (TPSA) is 53.4 Å². The zero-order chi connectivity index (χ0) is 16.2. The van der Waals surface area contributed by atoms with Gasteiger partial charge in [0.2, 0.25) is 0 Å². The smallest absolute Gasteiger partial charge is 0.307 e. The zero-order valence-electron chi connectivity index (χ0n) is 13.4. The number of aryl methyl sites for hydroxylation is 1. The molecule has 0 radical (unpaired) electrons. The Bertz CT molecular complexity index is 655. The minimum Gasteiger partial charge on any atom is -0.481 e. The van der Waals surface area contributed by atoms with Crippen LogP contribution in [0.5, 0.6) is 0 Å². The molecule has 0 aliphatic carbocycles. The monoisotopic (exact) mass is 310 g/mol. The number of rotatable bonds is 4. The minimum atomic E-state index is -0.688. The standard InChI is InChI=1S/C19H22N2O2/c1-14-4-6-15(7-5-14)18(16-8-10-20-11-9-16)21-12-2-3-17(13-21)19(22)23/h4-11,17-18H,2-3,12-13H2,1H3,(H,22,23). The quantitative estimate of drug-likeness (QED) is 0.941. The molecule has 0 saturated carbocycles. The summed E-state index contributed by atoms with van der Waals surface area (Å²) in [5.41, 5.74) is 3.59. The Labute approximate surface area is 136 Å². The number of benzene rings is 1. The first-order valence-corrected chi connectivity index (χ1v) is 8.08. The zero-order valence-corrected chi connectivity index (χ0v) is 13.4. The van der Waals surface area contributed by atoms with Crippen molar-refractivity contribution in [1.82, 2.24) is 9.88 Å². The van der Waals surface area contributed by atoms with Crippen LogP contribution in [0.25, 0.3) is 0 Å². The van der Waals surface area contributed by atoms with Gasteiger partial charge in [0.05, 0.1) is 12.0 Å². The fourth-order valence-electron chi connectivity index (χ4n) is 3.35. The Balaban J connectivity index is 1.95. The van der Waals surface area contributed by atoms with E-state index in [9.17, 15) is 9.90 Å². The molecule has 1 aliphatic heterocycles. The molecule has 1 aromatic heterocycles. The van der Waals surface area contributed by atoms with Crippen molar-refractivity contribution < 1.29 is 9.90 Å². The lowest BCUT2D eigenvalue weighted by molar-refractivity contribution is -0.143. The molecule has 2 atom stereocenters. The third-order valence-electron chi connectivity index (χ3n) is 4.58. The van der Waals surface area contributed by atoms with E-state index in [2.05, 4.69) is 41.1 Å². The van der Waals surface area contributed by atoms with Crippen LogP contribution >= 0.6 is 0 Å². The van der Waals surface area contributed by atoms with Crippen LogP contribution in [0.4, 0.5) is 0 Å². The molecular weight excluding hydrogens is 288 g/mol. The number of carboxylic acids is 1. The average Bonchev–Trinajstić information content (AvgIpc) is 2.58. The Kier molecular flexibility index (Phi) is 4.72. The molecule has 4 nitrogen and oxygen atoms in total. The first-order valence-electron chi connectivity index (χ1n) is 8.08. The van der Waals surface area contributed by atoms with E-state index in [0.29, 0.717) is 6.54 Å². The highest BCUT2D eigenvalue weighted by molar-refractivity contribution is 5.70. The summed E-state index contributed by atoms with van der Waals surface area (Å²) in [7, 11) is 0. The number of hydrogen-bond donors (Lipinski definition) is 1. The highest BCUT2D eigenvalue weighted by Gasteiger charge is 2.31. The van der Waals surface area contributed by atoms with Gasteiger partial charge in [0.1, 0.15) is 0 Å². The molecule has 3 rings (SSSR count). The first kappa shape index (κ1) is 15.7. The van der Waals surface area contributed by atoms with Gasteiger partial charge in [-0.05, 0) is 49.6 Å². The summed E-state index contributed by atoms with van der Waals surface area (Å²) in [5, 5.41) is 9.38. The van der Waals surface area contributed by atoms with Crippen molar-refractivity contribution in [3.05, 3.63) is 65.5 Å². The van der Waals surface area contributed by atoms with Crippen molar-refractivity contribution in [3.8, 4) is 0 Å². The van der Waals surface area contributed by atoms with E-state index in [0.717, 1.165) is 24.9 Å². The van der Waals surface area contributed by atoms with Crippen LogP contribution in [0.1, 0.15) is 35.6 Å². The summed E-state index contributed by atoms with van der Waals surface area (Å²) in [6, 6.07) is 12.6. The van der Waals surface area contributed by atoms with E-state index >= 15 is 0 Å². The molecule has 0 amide bonds. The summed E-state index contributed by atoms with van der Waals surface area (Å²) in [5.74, 6) is -0.967. The third-order valence-corrected chi connectivity index (χ3v) is 4.58. The molecule has 0 bridgehead atoms. The van der Waals surface area contributed by atoms with E-state index in [4.69, 9.17) is 0 Å². The fraction of sp³-hybridized carbons (Fsp3) is 0.368. The van der Waals surface area contributed by atoms with Gasteiger partial charge < -0.3 is 5.11 Å². The average molecular weight is 310 g/mol. The van der Waals surface area contributed by atoms with E-state index in [1.165, 1.54) is 11.1 Å².